The lowest BCUT2D eigenvalue weighted by atomic mass is 9.89. The SMILES string of the molecule is COC(=O)C1CN(C)C[C@H]1c1ccc(Cl)c(Cl)c1. The van der Waals surface area contributed by atoms with Crippen molar-refractivity contribution in [1.29, 1.82) is 0 Å². The molecule has 98 valence electrons. The standard InChI is InChI=1S/C13H15Cl2NO2/c1-16-6-9(10(7-16)13(17)18-2)8-3-4-11(14)12(15)5-8/h3-5,9-10H,6-7H2,1-2H3/t9-,10?/m0/s1. The highest BCUT2D eigenvalue weighted by Gasteiger charge is 2.37. The molecule has 0 bridgehead atoms. The number of halogens is 2. The van der Waals surface area contributed by atoms with Crippen LogP contribution in [-0.4, -0.2) is 38.1 Å². The first-order valence-electron chi connectivity index (χ1n) is 5.74. The van der Waals surface area contributed by atoms with E-state index in [9.17, 15) is 4.79 Å². The molecule has 1 unspecified atom stereocenters. The van der Waals surface area contributed by atoms with Gasteiger partial charge in [-0.3, -0.25) is 4.79 Å². The molecule has 0 radical (unpaired) electrons. The van der Waals surface area contributed by atoms with Crippen LogP contribution in [0.25, 0.3) is 0 Å². The normalized spacial score (nSPS) is 24.2. The van der Waals surface area contributed by atoms with E-state index in [-0.39, 0.29) is 17.8 Å². The maximum Gasteiger partial charge on any atom is 0.310 e. The van der Waals surface area contributed by atoms with Gasteiger partial charge in [0.05, 0.1) is 23.1 Å². The van der Waals surface area contributed by atoms with E-state index in [2.05, 4.69) is 4.90 Å². The van der Waals surface area contributed by atoms with Gasteiger partial charge in [-0.2, -0.15) is 0 Å². The molecular formula is C13H15Cl2NO2. The molecule has 1 aliphatic rings. The number of benzene rings is 1. The van der Waals surface area contributed by atoms with E-state index >= 15 is 0 Å². The third kappa shape index (κ3) is 2.63. The molecule has 0 saturated carbocycles. The van der Waals surface area contributed by atoms with Crippen LogP contribution in [0.4, 0.5) is 0 Å². The van der Waals surface area contributed by atoms with E-state index < -0.39 is 0 Å². The molecule has 1 aromatic rings. The number of nitrogens with zero attached hydrogens (tertiary/aromatic N) is 1. The van der Waals surface area contributed by atoms with Crippen molar-refractivity contribution in [3.05, 3.63) is 33.8 Å². The molecule has 0 spiro atoms. The van der Waals surface area contributed by atoms with Gasteiger partial charge < -0.3 is 9.64 Å². The number of hydrogen-bond acceptors (Lipinski definition) is 3. The van der Waals surface area contributed by atoms with Crippen LogP contribution >= 0.6 is 23.2 Å². The van der Waals surface area contributed by atoms with Crippen LogP contribution in [0.3, 0.4) is 0 Å². The van der Waals surface area contributed by atoms with E-state index in [1.54, 1.807) is 6.07 Å². The first-order valence-corrected chi connectivity index (χ1v) is 6.50. The quantitative estimate of drug-likeness (QED) is 0.784. The first kappa shape index (κ1) is 13.7. The average Bonchev–Trinajstić information content (AvgIpc) is 2.74. The third-order valence-electron chi connectivity index (χ3n) is 3.38. The molecule has 2 atom stereocenters. The Kier molecular flexibility index (Phi) is 4.15. The molecular weight excluding hydrogens is 273 g/mol. The minimum absolute atomic E-state index is 0.109. The number of likely N-dealkylation sites (N-methyl/N-ethyl adjacent to an activating group) is 1. The Balaban J connectivity index is 2.29. The van der Waals surface area contributed by atoms with Gasteiger partial charge in [-0.05, 0) is 24.7 Å². The molecule has 1 heterocycles. The summed E-state index contributed by atoms with van der Waals surface area (Å²) in [5, 5.41) is 1.05. The summed E-state index contributed by atoms with van der Waals surface area (Å²) in [7, 11) is 3.42. The highest BCUT2D eigenvalue weighted by Crippen LogP contribution is 2.35. The molecule has 0 amide bonds. The molecule has 2 rings (SSSR count). The second-order valence-electron chi connectivity index (χ2n) is 4.63. The Morgan fingerprint density at radius 1 is 1.33 bits per heavy atom. The molecule has 1 saturated heterocycles. The number of ether oxygens (including phenoxy) is 1. The molecule has 0 aliphatic carbocycles. The summed E-state index contributed by atoms with van der Waals surface area (Å²) >= 11 is 11.9. The number of esters is 1. The predicted octanol–water partition coefficient (Wildman–Crippen LogP) is 2.81. The van der Waals surface area contributed by atoms with Crippen molar-refractivity contribution in [2.75, 3.05) is 27.2 Å². The highest BCUT2D eigenvalue weighted by molar-refractivity contribution is 6.42. The lowest BCUT2D eigenvalue weighted by Gasteiger charge is -2.17. The van der Waals surface area contributed by atoms with Gasteiger partial charge in [0.2, 0.25) is 0 Å². The molecule has 0 aromatic heterocycles. The van der Waals surface area contributed by atoms with Crippen LogP contribution in [0.2, 0.25) is 10.0 Å². The molecule has 1 aliphatic heterocycles. The van der Waals surface area contributed by atoms with Crippen LogP contribution in [-0.2, 0) is 9.53 Å². The van der Waals surface area contributed by atoms with Crippen molar-refractivity contribution < 1.29 is 9.53 Å². The Labute approximate surface area is 117 Å². The van der Waals surface area contributed by atoms with Crippen LogP contribution in [0.1, 0.15) is 11.5 Å². The van der Waals surface area contributed by atoms with E-state index in [4.69, 9.17) is 27.9 Å². The van der Waals surface area contributed by atoms with Crippen molar-refractivity contribution in [3.63, 3.8) is 0 Å². The van der Waals surface area contributed by atoms with Crippen LogP contribution in [0, 0.1) is 5.92 Å². The third-order valence-corrected chi connectivity index (χ3v) is 4.12. The summed E-state index contributed by atoms with van der Waals surface area (Å²) < 4.78 is 4.86. The van der Waals surface area contributed by atoms with Crippen molar-refractivity contribution in [2.24, 2.45) is 5.92 Å². The molecule has 1 aromatic carbocycles. The summed E-state index contributed by atoms with van der Waals surface area (Å²) in [5.41, 5.74) is 1.03. The molecule has 1 fully saturated rings. The van der Waals surface area contributed by atoms with Gasteiger partial charge in [0.15, 0.2) is 0 Å². The fourth-order valence-electron chi connectivity index (χ4n) is 2.47. The summed E-state index contributed by atoms with van der Waals surface area (Å²) in [6, 6.07) is 5.53. The monoisotopic (exact) mass is 287 g/mol. The predicted molar refractivity (Wildman–Crippen MR) is 72.2 cm³/mol. The maximum absolute atomic E-state index is 11.8. The zero-order valence-corrected chi connectivity index (χ0v) is 11.8. The Morgan fingerprint density at radius 2 is 2.06 bits per heavy atom. The number of methoxy groups -OCH3 is 1. The van der Waals surface area contributed by atoms with Gasteiger partial charge in [0.1, 0.15) is 0 Å². The summed E-state index contributed by atoms with van der Waals surface area (Å²) in [5.74, 6) is -0.204. The second-order valence-corrected chi connectivity index (χ2v) is 5.45. The van der Waals surface area contributed by atoms with Crippen molar-refractivity contribution >= 4 is 29.2 Å². The van der Waals surface area contributed by atoms with Crippen LogP contribution in [0.5, 0.6) is 0 Å². The van der Waals surface area contributed by atoms with Gasteiger partial charge in [0, 0.05) is 19.0 Å². The van der Waals surface area contributed by atoms with Gasteiger partial charge in [-0.1, -0.05) is 29.3 Å². The zero-order chi connectivity index (χ0) is 13.3. The molecule has 18 heavy (non-hydrogen) atoms. The topological polar surface area (TPSA) is 29.5 Å². The van der Waals surface area contributed by atoms with Crippen molar-refractivity contribution in [1.82, 2.24) is 4.90 Å². The largest absolute Gasteiger partial charge is 0.469 e. The van der Waals surface area contributed by atoms with E-state index in [0.29, 0.717) is 16.6 Å². The smallest absolute Gasteiger partial charge is 0.310 e. The summed E-state index contributed by atoms with van der Waals surface area (Å²) in [6.45, 7) is 1.52. The fraction of sp³-hybridized carbons (Fsp3) is 0.462. The first-order chi connectivity index (χ1) is 8.52. The van der Waals surface area contributed by atoms with Crippen LogP contribution in [0.15, 0.2) is 18.2 Å². The van der Waals surface area contributed by atoms with Crippen molar-refractivity contribution in [2.45, 2.75) is 5.92 Å². The van der Waals surface area contributed by atoms with E-state index in [1.165, 1.54) is 7.11 Å². The lowest BCUT2D eigenvalue weighted by molar-refractivity contribution is -0.145. The Bertz CT molecular complexity index is 464. The summed E-state index contributed by atoms with van der Waals surface area (Å²) in [4.78, 5) is 13.9. The van der Waals surface area contributed by atoms with Crippen molar-refractivity contribution in [3.8, 4) is 0 Å². The Hall–Kier alpha value is -0.770. The second kappa shape index (κ2) is 5.47. The number of hydrogen-bond donors (Lipinski definition) is 0. The Morgan fingerprint density at radius 3 is 2.67 bits per heavy atom. The highest BCUT2D eigenvalue weighted by atomic mass is 35.5. The van der Waals surface area contributed by atoms with Gasteiger partial charge in [0.25, 0.3) is 0 Å². The molecule has 3 nitrogen and oxygen atoms in total. The zero-order valence-electron chi connectivity index (χ0n) is 10.3. The minimum Gasteiger partial charge on any atom is -0.469 e. The van der Waals surface area contributed by atoms with Gasteiger partial charge in [-0.15, -0.1) is 0 Å². The van der Waals surface area contributed by atoms with E-state index in [1.807, 2.05) is 19.2 Å². The number of carbonyl (C=O) groups is 1. The fourth-order valence-corrected chi connectivity index (χ4v) is 2.78. The molecule has 5 heteroatoms. The van der Waals surface area contributed by atoms with Gasteiger partial charge >= 0.3 is 5.97 Å². The number of likely N-dealkylation sites (tertiary alicyclic amines) is 1. The maximum atomic E-state index is 11.8. The van der Waals surface area contributed by atoms with Gasteiger partial charge in [-0.25, -0.2) is 0 Å². The number of carbonyl (C=O) groups excluding carboxylic acids is 1. The lowest BCUT2D eigenvalue weighted by Crippen LogP contribution is -2.23. The summed E-state index contributed by atoms with van der Waals surface area (Å²) in [6.07, 6.45) is 0. The van der Waals surface area contributed by atoms with E-state index in [0.717, 1.165) is 12.1 Å². The minimum atomic E-state index is -0.171. The molecule has 0 N–H and O–H groups in total. The van der Waals surface area contributed by atoms with Crippen LogP contribution < -0.4 is 0 Å². The number of rotatable bonds is 2. The average molecular weight is 288 g/mol.